The molecule has 7 nitrogen and oxygen atoms in total. The molecule has 170 valence electrons. The molecule has 1 aliphatic rings. The number of aromatic nitrogens is 1. The van der Waals surface area contributed by atoms with Crippen molar-refractivity contribution in [2.24, 2.45) is 12.0 Å². The normalized spacial score (nSPS) is 17.8. The van der Waals surface area contributed by atoms with Crippen LogP contribution in [0.1, 0.15) is 12.8 Å². The van der Waals surface area contributed by atoms with Crippen molar-refractivity contribution in [3.63, 3.8) is 0 Å². The fourth-order valence-electron chi connectivity index (χ4n) is 4.35. The number of rotatable bonds is 4. The fourth-order valence-corrected chi connectivity index (χ4v) is 7.04. The molecule has 9 heteroatoms. The number of amides is 1. The molecule has 1 amide bonds. The minimum Gasteiger partial charge on any atom is -0.497 e. The molecule has 1 fully saturated rings. The van der Waals surface area contributed by atoms with Gasteiger partial charge in [-0.05, 0) is 48.6 Å². The topological polar surface area (TPSA) is 81.0 Å². The number of aryl methyl sites for hydroxylation is 1. The zero-order valence-electron chi connectivity index (χ0n) is 18.3. The number of thiazole rings is 1. The van der Waals surface area contributed by atoms with E-state index >= 15 is 0 Å². The van der Waals surface area contributed by atoms with Gasteiger partial charge in [-0.3, -0.25) is 4.79 Å². The van der Waals surface area contributed by atoms with Gasteiger partial charge in [-0.25, -0.2) is 8.42 Å². The molecule has 0 aliphatic carbocycles. The Labute approximate surface area is 195 Å². The van der Waals surface area contributed by atoms with Gasteiger partial charge in [0.2, 0.25) is 10.0 Å². The first-order valence-electron chi connectivity index (χ1n) is 10.6. The van der Waals surface area contributed by atoms with Crippen molar-refractivity contribution in [1.82, 2.24) is 8.87 Å². The molecule has 1 saturated heterocycles. The number of fused-ring (bicyclic) bond motifs is 3. The number of hydrogen-bond acceptors (Lipinski definition) is 5. The maximum Gasteiger partial charge on any atom is 0.266 e. The van der Waals surface area contributed by atoms with E-state index in [1.54, 1.807) is 12.1 Å². The first-order chi connectivity index (χ1) is 15.9. The summed E-state index contributed by atoms with van der Waals surface area (Å²) in [6.07, 6.45) is 1.07. The molecule has 2 heterocycles. The van der Waals surface area contributed by atoms with Crippen LogP contribution in [0, 0.1) is 0 Å². The Bertz CT molecular complexity index is 1540. The lowest BCUT2D eigenvalue weighted by Gasteiger charge is -2.21. The van der Waals surface area contributed by atoms with Gasteiger partial charge in [0, 0.05) is 19.0 Å². The molecule has 0 spiro atoms. The Balaban J connectivity index is 1.52. The first kappa shape index (κ1) is 21.8. The lowest BCUT2D eigenvalue weighted by atomic mass is 10.1. The van der Waals surface area contributed by atoms with Gasteiger partial charge in [-0.2, -0.15) is 9.30 Å². The lowest BCUT2D eigenvalue weighted by Crippen LogP contribution is -2.40. The Morgan fingerprint density at radius 2 is 1.85 bits per heavy atom. The quantitative estimate of drug-likeness (QED) is 0.445. The Morgan fingerprint density at radius 3 is 2.61 bits per heavy atom. The molecule has 0 saturated carbocycles. The van der Waals surface area contributed by atoms with E-state index in [4.69, 9.17) is 4.74 Å². The predicted molar refractivity (Wildman–Crippen MR) is 129 cm³/mol. The molecular formula is C24H23N3O4S2. The van der Waals surface area contributed by atoms with Gasteiger partial charge >= 0.3 is 0 Å². The number of carbonyl (C=O) groups is 1. The monoisotopic (exact) mass is 481 g/mol. The zero-order chi connectivity index (χ0) is 23.2. The molecule has 4 aromatic rings. The molecule has 1 unspecified atom stereocenters. The van der Waals surface area contributed by atoms with Crippen molar-refractivity contribution in [3.05, 3.63) is 65.5 Å². The summed E-state index contributed by atoms with van der Waals surface area (Å²) in [6.45, 7) is 0.295. The highest BCUT2D eigenvalue weighted by molar-refractivity contribution is 7.89. The van der Waals surface area contributed by atoms with Crippen LogP contribution in [-0.2, 0) is 21.9 Å². The number of methoxy groups -OCH3 is 1. The minimum absolute atomic E-state index is 0.141. The Hall–Kier alpha value is -3.01. The van der Waals surface area contributed by atoms with Gasteiger partial charge < -0.3 is 9.30 Å². The number of nitrogens with zero attached hydrogens (tertiary/aromatic N) is 3. The van der Waals surface area contributed by atoms with Crippen molar-refractivity contribution in [1.29, 1.82) is 0 Å². The van der Waals surface area contributed by atoms with Gasteiger partial charge in [-0.15, -0.1) is 0 Å². The maximum atomic E-state index is 13.2. The predicted octanol–water partition coefficient (Wildman–Crippen LogP) is 3.68. The van der Waals surface area contributed by atoms with Crippen LogP contribution in [-0.4, -0.2) is 42.9 Å². The number of carbonyl (C=O) groups excluding carboxylic acids is 1. The third kappa shape index (κ3) is 3.76. The van der Waals surface area contributed by atoms with Gasteiger partial charge in [0.15, 0.2) is 4.80 Å². The average Bonchev–Trinajstić information content (AvgIpc) is 3.45. The third-order valence-corrected chi connectivity index (χ3v) is 9.07. The molecule has 0 radical (unpaired) electrons. The van der Waals surface area contributed by atoms with Gasteiger partial charge in [-0.1, -0.05) is 41.7 Å². The van der Waals surface area contributed by atoms with Crippen LogP contribution in [0.15, 0.2) is 70.6 Å². The van der Waals surface area contributed by atoms with Gasteiger partial charge in [0.25, 0.3) is 5.91 Å². The second-order valence-corrected chi connectivity index (χ2v) is 10.9. The van der Waals surface area contributed by atoms with E-state index in [-0.39, 0.29) is 4.90 Å². The summed E-state index contributed by atoms with van der Waals surface area (Å²) in [6, 6.07) is 17.6. The van der Waals surface area contributed by atoms with Crippen molar-refractivity contribution in [2.45, 2.75) is 23.8 Å². The fraction of sp³-hybridized carbons (Fsp3) is 0.250. The number of ether oxygens (including phenoxy) is 1. The van der Waals surface area contributed by atoms with Crippen LogP contribution >= 0.6 is 11.3 Å². The van der Waals surface area contributed by atoms with Gasteiger partial charge in [0.05, 0.1) is 22.2 Å². The molecular weight excluding hydrogens is 458 g/mol. The molecule has 1 atom stereocenters. The molecule has 3 aromatic carbocycles. The zero-order valence-corrected chi connectivity index (χ0v) is 19.9. The second-order valence-electron chi connectivity index (χ2n) is 7.98. The van der Waals surface area contributed by atoms with Crippen molar-refractivity contribution >= 4 is 48.3 Å². The lowest BCUT2D eigenvalue weighted by molar-refractivity contribution is -0.121. The van der Waals surface area contributed by atoms with Crippen LogP contribution < -0.4 is 9.54 Å². The van der Waals surface area contributed by atoms with E-state index in [9.17, 15) is 13.2 Å². The first-order valence-corrected chi connectivity index (χ1v) is 12.9. The number of benzene rings is 3. The Kier molecular flexibility index (Phi) is 5.55. The summed E-state index contributed by atoms with van der Waals surface area (Å²) in [7, 11) is -0.409. The Morgan fingerprint density at radius 1 is 1.09 bits per heavy atom. The molecule has 1 aliphatic heterocycles. The highest BCUT2D eigenvalue weighted by atomic mass is 32.2. The summed E-state index contributed by atoms with van der Waals surface area (Å²) in [5, 5.41) is 2.20. The van der Waals surface area contributed by atoms with Crippen LogP contribution in [0.2, 0.25) is 0 Å². The summed E-state index contributed by atoms with van der Waals surface area (Å²) < 4.78 is 35.8. The van der Waals surface area contributed by atoms with Crippen molar-refractivity contribution in [3.8, 4) is 5.75 Å². The number of sulfonamides is 1. The largest absolute Gasteiger partial charge is 0.497 e. The summed E-state index contributed by atoms with van der Waals surface area (Å²) in [5.74, 6) is 0.138. The molecule has 5 rings (SSSR count). The van der Waals surface area contributed by atoms with E-state index in [0.29, 0.717) is 29.9 Å². The van der Waals surface area contributed by atoms with E-state index in [1.807, 2.05) is 29.8 Å². The molecule has 0 bridgehead atoms. The van der Waals surface area contributed by atoms with Crippen LogP contribution in [0.3, 0.4) is 0 Å². The van der Waals surface area contributed by atoms with Crippen molar-refractivity contribution < 1.29 is 17.9 Å². The maximum absolute atomic E-state index is 13.2. The summed E-state index contributed by atoms with van der Waals surface area (Å²) in [5.41, 5.74) is 1.01. The highest BCUT2D eigenvalue weighted by Gasteiger charge is 2.39. The van der Waals surface area contributed by atoms with Crippen molar-refractivity contribution in [2.75, 3.05) is 13.7 Å². The summed E-state index contributed by atoms with van der Waals surface area (Å²) in [4.78, 5) is 18.3. The SMILES string of the molecule is COc1ccc(S(=O)(=O)N2CCCC2C(=O)N=c2sc3ccc4ccccc4c3n2C)cc1. The van der Waals surface area contributed by atoms with Crippen LogP contribution in [0.4, 0.5) is 0 Å². The molecule has 0 N–H and O–H groups in total. The minimum atomic E-state index is -3.82. The molecule has 1 aromatic heterocycles. The van der Waals surface area contributed by atoms with Crippen LogP contribution in [0.25, 0.3) is 21.0 Å². The average molecular weight is 482 g/mol. The van der Waals surface area contributed by atoms with E-state index in [2.05, 4.69) is 23.2 Å². The van der Waals surface area contributed by atoms with Gasteiger partial charge in [0.1, 0.15) is 11.8 Å². The van der Waals surface area contributed by atoms with E-state index < -0.39 is 22.0 Å². The standard InChI is InChI=1S/C24H23N3O4S2/c1-26-22-19-7-4-3-6-16(19)9-14-21(22)32-24(26)25-23(28)20-8-5-15-27(20)33(29,30)18-12-10-17(31-2)11-13-18/h3-4,6-7,9-14,20H,5,8,15H2,1-2H3. The second kappa shape index (κ2) is 8.40. The number of hydrogen-bond donors (Lipinski definition) is 0. The highest BCUT2D eigenvalue weighted by Crippen LogP contribution is 2.29. The van der Waals surface area contributed by atoms with E-state index in [1.165, 1.54) is 34.9 Å². The molecule has 33 heavy (non-hydrogen) atoms. The summed E-state index contributed by atoms with van der Waals surface area (Å²) >= 11 is 1.43. The third-order valence-electron chi connectivity index (χ3n) is 6.05. The smallest absolute Gasteiger partial charge is 0.266 e. The van der Waals surface area contributed by atoms with Crippen LogP contribution in [0.5, 0.6) is 5.75 Å². The van der Waals surface area contributed by atoms with E-state index in [0.717, 1.165) is 21.0 Å².